The van der Waals surface area contributed by atoms with Crippen LogP contribution in [0.4, 0.5) is 0 Å². The molecule has 1 aromatic rings. The number of benzene rings is 1. The molecule has 5 heteroatoms. The van der Waals surface area contributed by atoms with E-state index < -0.39 is 11.6 Å². The summed E-state index contributed by atoms with van der Waals surface area (Å²) in [6, 6.07) is 8.45. The predicted octanol–water partition coefficient (Wildman–Crippen LogP) is 0.115. The second-order valence-corrected chi connectivity index (χ2v) is 5.34. The molecule has 4 N–H and O–H groups in total. The number of likely N-dealkylation sites (N-methyl/N-ethyl adjacent to an activating group) is 1. The van der Waals surface area contributed by atoms with Crippen molar-refractivity contribution in [3.63, 3.8) is 0 Å². The van der Waals surface area contributed by atoms with Crippen LogP contribution in [0, 0.1) is 0 Å². The summed E-state index contributed by atoms with van der Waals surface area (Å²) < 4.78 is 0. The third kappa shape index (κ3) is 5.38. The zero-order valence-electron chi connectivity index (χ0n) is 11.8. The van der Waals surface area contributed by atoms with Crippen LogP contribution in [-0.4, -0.2) is 48.7 Å². The molecule has 0 saturated heterocycles. The first-order valence-electron chi connectivity index (χ1n) is 6.27. The van der Waals surface area contributed by atoms with Gasteiger partial charge in [0.15, 0.2) is 0 Å². The van der Waals surface area contributed by atoms with Gasteiger partial charge in [0.25, 0.3) is 0 Å². The molecule has 2 unspecified atom stereocenters. The zero-order valence-corrected chi connectivity index (χ0v) is 11.8. The Bertz CT molecular complexity index is 404. The Hall–Kier alpha value is -1.43. The third-order valence-corrected chi connectivity index (χ3v) is 2.74. The molecule has 0 fully saturated rings. The van der Waals surface area contributed by atoms with Crippen LogP contribution in [0.5, 0.6) is 0 Å². The number of carbonyl (C=O) groups is 1. The lowest BCUT2D eigenvalue weighted by Crippen LogP contribution is -2.48. The van der Waals surface area contributed by atoms with Crippen molar-refractivity contribution in [3.05, 3.63) is 35.9 Å². The van der Waals surface area contributed by atoms with Crippen molar-refractivity contribution >= 4 is 5.91 Å². The Morgan fingerprint density at radius 3 is 2.53 bits per heavy atom. The fourth-order valence-electron chi connectivity index (χ4n) is 1.94. The summed E-state index contributed by atoms with van der Waals surface area (Å²) in [5, 5.41) is 12.8. The Morgan fingerprint density at radius 1 is 1.42 bits per heavy atom. The summed E-state index contributed by atoms with van der Waals surface area (Å²) in [7, 11) is 3.73. The van der Waals surface area contributed by atoms with E-state index in [1.54, 1.807) is 6.92 Å². The van der Waals surface area contributed by atoms with E-state index in [0.29, 0.717) is 6.54 Å². The van der Waals surface area contributed by atoms with Crippen molar-refractivity contribution in [2.45, 2.75) is 18.6 Å². The van der Waals surface area contributed by atoms with Crippen molar-refractivity contribution in [2.24, 2.45) is 5.73 Å². The van der Waals surface area contributed by atoms with Gasteiger partial charge in [0, 0.05) is 13.1 Å². The maximum atomic E-state index is 11.9. The van der Waals surface area contributed by atoms with Gasteiger partial charge in [-0.3, -0.25) is 4.79 Å². The zero-order chi connectivity index (χ0) is 14.5. The molecule has 0 radical (unpaired) electrons. The lowest BCUT2D eigenvalue weighted by atomic mass is 10.0. The Labute approximate surface area is 114 Å². The van der Waals surface area contributed by atoms with Crippen molar-refractivity contribution in [1.82, 2.24) is 10.2 Å². The average Bonchev–Trinajstić information content (AvgIpc) is 2.34. The molecular weight excluding hydrogens is 242 g/mol. The van der Waals surface area contributed by atoms with Gasteiger partial charge in [0.2, 0.25) is 5.91 Å². The summed E-state index contributed by atoms with van der Waals surface area (Å²) in [5.41, 5.74) is 5.65. The molecule has 1 aromatic carbocycles. The highest BCUT2D eigenvalue weighted by Gasteiger charge is 2.24. The second kappa shape index (κ2) is 6.65. The van der Waals surface area contributed by atoms with E-state index in [1.165, 1.54) is 0 Å². The van der Waals surface area contributed by atoms with Gasteiger partial charge >= 0.3 is 0 Å². The van der Waals surface area contributed by atoms with Crippen molar-refractivity contribution in [3.8, 4) is 0 Å². The van der Waals surface area contributed by atoms with E-state index in [9.17, 15) is 9.90 Å². The van der Waals surface area contributed by atoms with Crippen LogP contribution in [0.1, 0.15) is 18.5 Å². The fraction of sp³-hybridized carbons (Fsp3) is 0.500. The molecule has 0 aliphatic rings. The van der Waals surface area contributed by atoms with Gasteiger partial charge in [-0.15, -0.1) is 0 Å². The largest absolute Gasteiger partial charge is 0.387 e. The number of nitrogens with zero attached hydrogens (tertiary/aromatic N) is 1. The van der Waals surface area contributed by atoms with E-state index in [-0.39, 0.29) is 12.5 Å². The van der Waals surface area contributed by atoms with Crippen molar-refractivity contribution in [2.75, 3.05) is 27.2 Å². The van der Waals surface area contributed by atoms with Crippen LogP contribution in [0.2, 0.25) is 0 Å². The number of rotatable bonds is 6. The van der Waals surface area contributed by atoms with Gasteiger partial charge in [-0.2, -0.15) is 0 Å². The van der Waals surface area contributed by atoms with Gasteiger partial charge in [0.1, 0.15) is 6.04 Å². The van der Waals surface area contributed by atoms with Crippen molar-refractivity contribution in [1.29, 1.82) is 0 Å². The highest BCUT2D eigenvalue weighted by Crippen LogP contribution is 2.10. The first-order chi connectivity index (χ1) is 8.82. The van der Waals surface area contributed by atoms with Crippen LogP contribution in [0.3, 0.4) is 0 Å². The Kier molecular flexibility index (Phi) is 5.47. The minimum Gasteiger partial charge on any atom is -0.387 e. The normalized spacial score (nSPS) is 15.9. The van der Waals surface area contributed by atoms with Gasteiger partial charge in [0.05, 0.1) is 5.60 Å². The maximum Gasteiger partial charge on any atom is 0.241 e. The van der Waals surface area contributed by atoms with E-state index in [4.69, 9.17) is 5.73 Å². The first kappa shape index (κ1) is 15.6. The molecule has 0 heterocycles. The molecule has 0 saturated carbocycles. The molecular formula is C14H23N3O2. The summed E-state index contributed by atoms with van der Waals surface area (Å²) in [4.78, 5) is 13.8. The molecule has 19 heavy (non-hydrogen) atoms. The molecule has 0 aliphatic heterocycles. The lowest BCUT2D eigenvalue weighted by Gasteiger charge is -2.27. The number of hydrogen-bond donors (Lipinski definition) is 3. The lowest BCUT2D eigenvalue weighted by molar-refractivity contribution is -0.123. The first-order valence-corrected chi connectivity index (χ1v) is 6.27. The van der Waals surface area contributed by atoms with Gasteiger partial charge in [-0.25, -0.2) is 0 Å². The van der Waals surface area contributed by atoms with Crippen LogP contribution in [0.15, 0.2) is 30.3 Å². The van der Waals surface area contributed by atoms with E-state index in [0.717, 1.165) is 5.56 Å². The monoisotopic (exact) mass is 265 g/mol. The minimum atomic E-state index is -0.977. The van der Waals surface area contributed by atoms with Gasteiger partial charge < -0.3 is 21.1 Å². The minimum absolute atomic E-state index is 0.171. The van der Waals surface area contributed by atoms with Crippen LogP contribution < -0.4 is 11.1 Å². The topological polar surface area (TPSA) is 78.6 Å². The highest BCUT2D eigenvalue weighted by molar-refractivity contribution is 5.82. The van der Waals surface area contributed by atoms with Crippen LogP contribution in [-0.2, 0) is 4.79 Å². The molecule has 2 atom stereocenters. The number of nitrogens with two attached hydrogens (primary N) is 1. The molecule has 0 aliphatic carbocycles. The molecule has 0 aromatic heterocycles. The SMILES string of the molecule is CN(C)CC(C)(O)CNC(=O)C(N)c1ccccc1. The molecule has 106 valence electrons. The number of hydrogen-bond acceptors (Lipinski definition) is 4. The number of carbonyl (C=O) groups excluding carboxylic acids is 1. The molecule has 1 rings (SSSR count). The van der Waals surface area contributed by atoms with E-state index >= 15 is 0 Å². The second-order valence-electron chi connectivity index (χ2n) is 5.34. The quantitative estimate of drug-likeness (QED) is 0.682. The van der Waals surface area contributed by atoms with Gasteiger partial charge in [-0.1, -0.05) is 30.3 Å². The Morgan fingerprint density at radius 2 is 2.00 bits per heavy atom. The van der Waals surface area contributed by atoms with Crippen LogP contribution >= 0.6 is 0 Å². The van der Waals surface area contributed by atoms with E-state index in [1.807, 2.05) is 49.3 Å². The fourth-order valence-corrected chi connectivity index (χ4v) is 1.94. The summed E-state index contributed by atoms with van der Waals surface area (Å²) in [6.07, 6.45) is 0. The van der Waals surface area contributed by atoms with Crippen molar-refractivity contribution < 1.29 is 9.90 Å². The number of aliphatic hydroxyl groups is 1. The highest BCUT2D eigenvalue weighted by atomic mass is 16.3. The summed E-state index contributed by atoms with van der Waals surface area (Å²) in [6.45, 7) is 2.32. The standard InChI is InChI=1S/C14H23N3O2/c1-14(19,10-17(2)3)9-16-13(18)12(15)11-7-5-4-6-8-11/h4-8,12,19H,9-10,15H2,1-3H3,(H,16,18). The average molecular weight is 265 g/mol. The summed E-state index contributed by atoms with van der Waals surface area (Å²) >= 11 is 0. The van der Waals surface area contributed by atoms with Gasteiger partial charge in [-0.05, 0) is 26.6 Å². The molecule has 5 nitrogen and oxygen atoms in total. The third-order valence-electron chi connectivity index (χ3n) is 2.74. The smallest absolute Gasteiger partial charge is 0.241 e. The predicted molar refractivity (Wildman–Crippen MR) is 75.6 cm³/mol. The Balaban J connectivity index is 2.52. The van der Waals surface area contributed by atoms with Crippen LogP contribution in [0.25, 0.3) is 0 Å². The molecule has 1 amide bonds. The van der Waals surface area contributed by atoms with E-state index in [2.05, 4.69) is 5.32 Å². The summed E-state index contributed by atoms with van der Waals surface area (Å²) in [5.74, 6) is -0.287. The molecule has 0 bridgehead atoms. The maximum absolute atomic E-state index is 11.9. The number of amides is 1. The molecule has 0 spiro atoms. The number of nitrogens with one attached hydrogen (secondary N) is 1.